The first-order valence-electron chi connectivity index (χ1n) is 3.73. The maximum atomic E-state index is 13.4. The number of amides is 1. The van der Waals surface area contributed by atoms with Crippen molar-refractivity contribution in [3.05, 3.63) is 0 Å². The van der Waals surface area contributed by atoms with Gasteiger partial charge in [0.2, 0.25) is 0 Å². The number of carbonyl (C=O) groups excluding carboxylic acids is 1. The summed E-state index contributed by atoms with van der Waals surface area (Å²) in [5.41, 5.74) is -1.66. The first-order valence-corrected chi connectivity index (χ1v) is 3.73. The largest absolute Gasteiger partial charge is 0.394 e. The first kappa shape index (κ1) is 7.03. The number of aliphatic hydroxyl groups excluding tert-OH is 1. The third-order valence-electron chi connectivity index (χ3n) is 2.87. The van der Waals surface area contributed by atoms with E-state index in [2.05, 4.69) is 5.32 Å². The number of fused-ring (bicyclic) bond motifs is 1. The van der Waals surface area contributed by atoms with Gasteiger partial charge in [0, 0.05) is 11.8 Å². The molecule has 3 nitrogen and oxygen atoms in total. The highest BCUT2D eigenvalue weighted by Crippen LogP contribution is 2.58. The number of rotatable bonds is 1. The van der Waals surface area contributed by atoms with Gasteiger partial charge in [0.05, 0.1) is 12.6 Å². The van der Waals surface area contributed by atoms with Crippen LogP contribution in [0.3, 0.4) is 0 Å². The number of hydrogen-bond donors (Lipinski definition) is 2. The zero-order chi connectivity index (χ0) is 8.22. The van der Waals surface area contributed by atoms with Crippen molar-refractivity contribution in [2.24, 2.45) is 11.8 Å². The van der Waals surface area contributed by atoms with Crippen LogP contribution in [0, 0.1) is 11.8 Å². The van der Waals surface area contributed by atoms with Gasteiger partial charge in [-0.25, -0.2) is 4.39 Å². The van der Waals surface area contributed by atoms with Crippen molar-refractivity contribution in [3.63, 3.8) is 0 Å². The molecule has 1 saturated carbocycles. The lowest BCUT2D eigenvalue weighted by atomic mass is 10.2. The van der Waals surface area contributed by atoms with Crippen LogP contribution in [-0.4, -0.2) is 29.3 Å². The first-order chi connectivity index (χ1) is 5.12. The average molecular weight is 159 g/mol. The molecule has 0 aromatic heterocycles. The summed E-state index contributed by atoms with van der Waals surface area (Å²) in [6.07, 6.45) is 0. The second kappa shape index (κ2) is 1.75. The fourth-order valence-corrected chi connectivity index (χ4v) is 2.08. The molecule has 1 unspecified atom stereocenters. The third kappa shape index (κ3) is 0.588. The molecule has 4 heteroatoms. The minimum atomic E-state index is -1.66. The Kier molecular flexibility index (Phi) is 1.12. The number of carbonyl (C=O) groups is 1. The van der Waals surface area contributed by atoms with Crippen molar-refractivity contribution >= 4 is 5.91 Å². The van der Waals surface area contributed by atoms with E-state index in [0.717, 1.165) is 0 Å². The van der Waals surface area contributed by atoms with Crippen molar-refractivity contribution < 1.29 is 14.3 Å². The van der Waals surface area contributed by atoms with Gasteiger partial charge in [0.15, 0.2) is 5.67 Å². The number of aliphatic hydroxyl groups is 1. The van der Waals surface area contributed by atoms with Crippen LogP contribution >= 0.6 is 0 Å². The van der Waals surface area contributed by atoms with E-state index in [4.69, 9.17) is 5.11 Å². The van der Waals surface area contributed by atoms with E-state index in [1.807, 2.05) is 0 Å². The smallest absolute Gasteiger partial charge is 0.258 e. The minimum absolute atomic E-state index is 0.160. The Morgan fingerprint density at radius 3 is 2.73 bits per heavy atom. The van der Waals surface area contributed by atoms with Crippen LogP contribution in [0.15, 0.2) is 0 Å². The number of nitrogens with one attached hydrogen (secondary N) is 1. The summed E-state index contributed by atoms with van der Waals surface area (Å²) in [5, 5.41) is 11.1. The SMILES string of the molecule is CC1[C@@H]2[C@@H](CO)NC(=O)[C@]12F. The number of halogens is 1. The topological polar surface area (TPSA) is 49.3 Å². The van der Waals surface area contributed by atoms with Crippen molar-refractivity contribution in [2.75, 3.05) is 6.61 Å². The predicted molar refractivity (Wildman–Crippen MR) is 35.5 cm³/mol. The van der Waals surface area contributed by atoms with Gasteiger partial charge in [-0.3, -0.25) is 4.79 Å². The van der Waals surface area contributed by atoms with Gasteiger partial charge < -0.3 is 10.4 Å². The van der Waals surface area contributed by atoms with Crippen LogP contribution in [-0.2, 0) is 4.79 Å². The van der Waals surface area contributed by atoms with E-state index in [1.54, 1.807) is 6.92 Å². The zero-order valence-corrected chi connectivity index (χ0v) is 6.17. The van der Waals surface area contributed by atoms with E-state index < -0.39 is 11.6 Å². The molecule has 2 N–H and O–H groups in total. The molecule has 1 aliphatic carbocycles. The van der Waals surface area contributed by atoms with Crippen molar-refractivity contribution in [2.45, 2.75) is 18.6 Å². The Labute approximate surface area is 63.6 Å². The van der Waals surface area contributed by atoms with Crippen LogP contribution in [0.25, 0.3) is 0 Å². The molecule has 1 amide bonds. The predicted octanol–water partition coefficient (Wildman–Crippen LogP) is -0.549. The summed E-state index contributed by atoms with van der Waals surface area (Å²) < 4.78 is 13.4. The van der Waals surface area contributed by atoms with Gasteiger partial charge >= 0.3 is 0 Å². The molecular weight excluding hydrogens is 149 g/mol. The molecule has 0 bridgehead atoms. The summed E-state index contributed by atoms with van der Waals surface area (Å²) in [4.78, 5) is 10.9. The Morgan fingerprint density at radius 2 is 2.45 bits per heavy atom. The van der Waals surface area contributed by atoms with Gasteiger partial charge in [-0.05, 0) is 0 Å². The average Bonchev–Trinajstić information content (AvgIpc) is 2.38. The monoisotopic (exact) mass is 159 g/mol. The van der Waals surface area contributed by atoms with Crippen LogP contribution in [0.4, 0.5) is 4.39 Å². The summed E-state index contributed by atoms with van der Waals surface area (Å²) in [6, 6.07) is -0.359. The molecule has 0 aromatic rings. The summed E-state index contributed by atoms with van der Waals surface area (Å²) >= 11 is 0. The summed E-state index contributed by atoms with van der Waals surface area (Å²) in [6.45, 7) is 1.54. The molecule has 2 rings (SSSR count). The molecule has 2 fully saturated rings. The van der Waals surface area contributed by atoms with Crippen molar-refractivity contribution in [1.29, 1.82) is 0 Å². The zero-order valence-electron chi connectivity index (χ0n) is 6.17. The molecule has 0 spiro atoms. The van der Waals surface area contributed by atoms with Crippen LogP contribution in [0.1, 0.15) is 6.92 Å². The Hall–Kier alpha value is -0.640. The minimum Gasteiger partial charge on any atom is -0.394 e. The fraction of sp³-hybridized carbons (Fsp3) is 0.857. The highest BCUT2D eigenvalue weighted by atomic mass is 19.1. The molecule has 2 aliphatic rings. The molecular formula is C7H10FNO2. The molecule has 1 heterocycles. The quantitative estimate of drug-likeness (QED) is 0.539. The van der Waals surface area contributed by atoms with Crippen LogP contribution in [0.5, 0.6) is 0 Å². The standard InChI is InChI=1S/C7H10FNO2/c1-3-5-4(2-10)9-6(11)7(3,5)8/h3-5,10H,2H2,1H3,(H,9,11)/t3?,4-,5-,7+/m1/s1. The fourth-order valence-electron chi connectivity index (χ4n) is 2.08. The third-order valence-corrected chi connectivity index (χ3v) is 2.87. The van der Waals surface area contributed by atoms with Gasteiger partial charge in [-0.1, -0.05) is 6.92 Å². The lowest BCUT2D eigenvalue weighted by Crippen LogP contribution is -2.36. The molecule has 1 aliphatic heterocycles. The lowest BCUT2D eigenvalue weighted by Gasteiger charge is -2.09. The maximum absolute atomic E-state index is 13.4. The van der Waals surface area contributed by atoms with Gasteiger partial charge in [-0.2, -0.15) is 0 Å². The Morgan fingerprint density at radius 1 is 1.82 bits per heavy atom. The molecule has 11 heavy (non-hydrogen) atoms. The molecule has 1 saturated heterocycles. The summed E-state index contributed by atoms with van der Waals surface area (Å²) in [5.74, 6) is -1.05. The van der Waals surface area contributed by atoms with E-state index in [0.29, 0.717) is 0 Å². The van der Waals surface area contributed by atoms with Gasteiger partial charge in [-0.15, -0.1) is 0 Å². The normalized spacial score (nSPS) is 53.7. The summed E-state index contributed by atoms with van der Waals surface area (Å²) in [7, 11) is 0. The van der Waals surface area contributed by atoms with Crippen molar-refractivity contribution in [3.8, 4) is 0 Å². The Balaban J connectivity index is 2.23. The Bertz CT molecular complexity index is 220. The highest BCUT2D eigenvalue weighted by molar-refractivity contribution is 5.93. The lowest BCUT2D eigenvalue weighted by molar-refractivity contribution is -0.126. The van der Waals surface area contributed by atoms with E-state index in [-0.39, 0.29) is 24.5 Å². The number of alkyl halides is 1. The molecule has 0 aromatic carbocycles. The number of hydrogen-bond acceptors (Lipinski definition) is 2. The molecule has 0 radical (unpaired) electrons. The van der Waals surface area contributed by atoms with E-state index in [9.17, 15) is 9.18 Å². The van der Waals surface area contributed by atoms with Gasteiger partial charge in [0.25, 0.3) is 5.91 Å². The van der Waals surface area contributed by atoms with Crippen molar-refractivity contribution in [1.82, 2.24) is 5.32 Å². The second-order valence-electron chi connectivity index (χ2n) is 3.35. The second-order valence-corrected chi connectivity index (χ2v) is 3.35. The maximum Gasteiger partial charge on any atom is 0.258 e. The number of piperidine rings is 1. The highest BCUT2D eigenvalue weighted by Gasteiger charge is 2.75. The van der Waals surface area contributed by atoms with Crippen LogP contribution < -0.4 is 5.32 Å². The van der Waals surface area contributed by atoms with Crippen LogP contribution in [0.2, 0.25) is 0 Å². The van der Waals surface area contributed by atoms with Gasteiger partial charge in [0.1, 0.15) is 0 Å². The molecule has 4 atom stereocenters. The van der Waals surface area contributed by atoms with E-state index in [1.165, 1.54) is 0 Å². The molecule has 62 valence electrons. The van der Waals surface area contributed by atoms with E-state index >= 15 is 0 Å².